The molecule has 0 unspecified atom stereocenters. The minimum absolute atomic E-state index is 0.295. The molecule has 0 aromatic heterocycles. The summed E-state index contributed by atoms with van der Waals surface area (Å²) >= 11 is 0. The Morgan fingerprint density at radius 2 is 2.00 bits per heavy atom. The normalized spacial score (nSPS) is 29.2. The van der Waals surface area contributed by atoms with Crippen molar-refractivity contribution in [3.8, 4) is 17.6 Å². The number of nitriles is 1. The lowest BCUT2D eigenvalue weighted by Gasteiger charge is -2.43. The molecule has 1 saturated carbocycles. The largest absolute Gasteiger partial charge is 0.486 e. The van der Waals surface area contributed by atoms with Gasteiger partial charge in [-0.05, 0) is 36.5 Å². The van der Waals surface area contributed by atoms with Crippen molar-refractivity contribution in [2.45, 2.75) is 31.6 Å². The molecule has 0 N–H and O–H groups in total. The molecule has 2 aliphatic rings. The van der Waals surface area contributed by atoms with Crippen LogP contribution in [0, 0.1) is 17.2 Å². The highest BCUT2D eigenvalue weighted by Crippen LogP contribution is 2.50. The van der Waals surface area contributed by atoms with Crippen LogP contribution in [-0.2, 0) is 5.41 Å². The number of benzene rings is 1. The van der Waals surface area contributed by atoms with Gasteiger partial charge >= 0.3 is 0 Å². The first kappa shape index (κ1) is 11.4. The van der Waals surface area contributed by atoms with E-state index in [1.165, 1.54) is 0 Å². The Morgan fingerprint density at radius 3 is 2.67 bits per heavy atom. The summed E-state index contributed by atoms with van der Waals surface area (Å²) in [5, 5.41) is 9.49. The third kappa shape index (κ3) is 1.64. The number of rotatable bonds is 2. The van der Waals surface area contributed by atoms with Gasteiger partial charge in [0.15, 0.2) is 11.5 Å². The van der Waals surface area contributed by atoms with E-state index >= 15 is 0 Å². The Balaban J connectivity index is 1.90. The summed E-state index contributed by atoms with van der Waals surface area (Å²) in [5.41, 5.74) is 0.787. The van der Waals surface area contributed by atoms with Crippen molar-refractivity contribution in [2.75, 3.05) is 13.2 Å². The first-order valence-electron chi connectivity index (χ1n) is 6.59. The third-order valence-corrected chi connectivity index (χ3v) is 4.16. The molecule has 0 saturated heterocycles. The van der Waals surface area contributed by atoms with Crippen molar-refractivity contribution in [2.24, 2.45) is 5.92 Å². The van der Waals surface area contributed by atoms with Crippen LogP contribution in [0.2, 0.25) is 0 Å². The SMILES string of the molecule is CCC1CC(C#N)(c2ccc3c(c2)OCCO3)C1. The van der Waals surface area contributed by atoms with E-state index in [0.29, 0.717) is 19.1 Å². The smallest absolute Gasteiger partial charge is 0.161 e. The van der Waals surface area contributed by atoms with Crippen LogP contribution in [0.1, 0.15) is 31.7 Å². The number of hydrogen-bond donors (Lipinski definition) is 0. The van der Waals surface area contributed by atoms with Crippen LogP contribution < -0.4 is 9.47 Å². The second kappa shape index (κ2) is 4.20. The molecule has 94 valence electrons. The second-order valence-corrected chi connectivity index (χ2v) is 5.23. The van der Waals surface area contributed by atoms with Crippen molar-refractivity contribution >= 4 is 0 Å². The molecule has 1 heterocycles. The number of fused-ring (bicyclic) bond motifs is 1. The molecule has 0 atom stereocenters. The summed E-state index contributed by atoms with van der Waals surface area (Å²) in [6, 6.07) is 8.44. The third-order valence-electron chi connectivity index (χ3n) is 4.16. The van der Waals surface area contributed by atoms with Crippen molar-refractivity contribution in [1.29, 1.82) is 5.26 Å². The van der Waals surface area contributed by atoms with Gasteiger partial charge in [-0.1, -0.05) is 19.4 Å². The van der Waals surface area contributed by atoms with Crippen molar-refractivity contribution < 1.29 is 9.47 Å². The fourth-order valence-electron chi connectivity index (χ4n) is 2.95. The minimum Gasteiger partial charge on any atom is -0.486 e. The van der Waals surface area contributed by atoms with Gasteiger partial charge in [-0.15, -0.1) is 0 Å². The van der Waals surface area contributed by atoms with E-state index in [-0.39, 0.29) is 5.41 Å². The zero-order valence-electron chi connectivity index (χ0n) is 10.6. The van der Waals surface area contributed by atoms with Crippen LogP contribution in [-0.4, -0.2) is 13.2 Å². The topological polar surface area (TPSA) is 42.2 Å². The summed E-state index contributed by atoms with van der Waals surface area (Å²) in [7, 11) is 0. The lowest BCUT2D eigenvalue weighted by molar-refractivity contribution is 0.167. The monoisotopic (exact) mass is 243 g/mol. The van der Waals surface area contributed by atoms with Crippen LogP contribution in [0.5, 0.6) is 11.5 Å². The van der Waals surface area contributed by atoms with Crippen molar-refractivity contribution in [3.63, 3.8) is 0 Å². The molecule has 1 aromatic rings. The van der Waals surface area contributed by atoms with Crippen LogP contribution in [0.25, 0.3) is 0 Å². The van der Waals surface area contributed by atoms with E-state index < -0.39 is 0 Å². The van der Waals surface area contributed by atoms with E-state index in [9.17, 15) is 5.26 Å². The zero-order chi connectivity index (χ0) is 12.6. The highest BCUT2D eigenvalue weighted by molar-refractivity contribution is 5.48. The van der Waals surface area contributed by atoms with Gasteiger partial charge in [-0.25, -0.2) is 0 Å². The molecule has 0 spiro atoms. The molecule has 0 amide bonds. The van der Waals surface area contributed by atoms with Gasteiger partial charge in [0.05, 0.1) is 11.5 Å². The number of hydrogen-bond acceptors (Lipinski definition) is 3. The van der Waals surface area contributed by atoms with Crippen molar-refractivity contribution in [3.05, 3.63) is 23.8 Å². The molecular formula is C15H17NO2. The van der Waals surface area contributed by atoms with Crippen LogP contribution >= 0.6 is 0 Å². The Labute approximate surface area is 107 Å². The molecule has 1 aliphatic heterocycles. The average Bonchev–Trinajstić information content (AvgIpc) is 2.38. The molecule has 3 heteroatoms. The lowest BCUT2D eigenvalue weighted by Crippen LogP contribution is -2.39. The van der Waals surface area contributed by atoms with E-state index in [2.05, 4.69) is 13.0 Å². The standard InChI is InChI=1S/C15H17NO2/c1-2-11-8-15(9-11,10-16)12-3-4-13-14(7-12)18-6-5-17-13/h3-4,7,11H,2,5-6,8-9H2,1H3. The van der Waals surface area contributed by atoms with Crippen LogP contribution in [0.15, 0.2) is 18.2 Å². The Kier molecular flexibility index (Phi) is 2.66. The number of ether oxygens (including phenoxy) is 2. The first-order chi connectivity index (χ1) is 8.77. The van der Waals surface area contributed by atoms with Crippen LogP contribution in [0.4, 0.5) is 0 Å². The molecular weight excluding hydrogens is 226 g/mol. The fraction of sp³-hybridized carbons (Fsp3) is 0.533. The molecule has 1 aromatic carbocycles. The molecule has 3 rings (SSSR count). The Bertz CT molecular complexity index is 498. The maximum absolute atomic E-state index is 9.49. The maximum atomic E-state index is 9.49. The molecule has 0 radical (unpaired) electrons. The predicted octanol–water partition coefficient (Wildman–Crippen LogP) is 3.04. The summed E-state index contributed by atoms with van der Waals surface area (Å²) in [6.45, 7) is 3.39. The Hall–Kier alpha value is -1.69. The second-order valence-electron chi connectivity index (χ2n) is 5.23. The van der Waals surface area contributed by atoms with Gasteiger partial charge < -0.3 is 9.47 Å². The quantitative estimate of drug-likeness (QED) is 0.801. The van der Waals surface area contributed by atoms with E-state index in [4.69, 9.17) is 9.47 Å². The molecule has 1 aliphatic carbocycles. The summed E-state index contributed by atoms with van der Waals surface area (Å²) in [5.74, 6) is 2.27. The van der Waals surface area contributed by atoms with Gasteiger partial charge in [-0.2, -0.15) is 5.26 Å². The van der Waals surface area contributed by atoms with Gasteiger partial charge in [0.2, 0.25) is 0 Å². The average molecular weight is 243 g/mol. The first-order valence-corrected chi connectivity index (χ1v) is 6.59. The summed E-state index contributed by atoms with van der Waals surface area (Å²) in [4.78, 5) is 0. The Morgan fingerprint density at radius 1 is 1.28 bits per heavy atom. The fourth-order valence-corrected chi connectivity index (χ4v) is 2.95. The highest BCUT2D eigenvalue weighted by Gasteiger charge is 2.45. The summed E-state index contributed by atoms with van der Waals surface area (Å²) < 4.78 is 11.1. The molecule has 18 heavy (non-hydrogen) atoms. The van der Waals surface area contributed by atoms with Gasteiger partial charge in [-0.3, -0.25) is 0 Å². The lowest BCUT2D eigenvalue weighted by atomic mass is 9.59. The highest BCUT2D eigenvalue weighted by atomic mass is 16.6. The number of nitrogens with zero attached hydrogens (tertiary/aromatic N) is 1. The summed E-state index contributed by atoms with van der Waals surface area (Å²) in [6.07, 6.45) is 3.10. The van der Waals surface area contributed by atoms with Gasteiger partial charge in [0.25, 0.3) is 0 Å². The van der Waals surface area contributed by atoms with Gasteiger partial charge in [0, 0.05) is 0 Å². The molecule has 0 bridgehead atoms. The molecule has 3 nitrogen and oxygen atoms in total. The van der Waals surface area contributed by atoms with E-state index in [1.807, 2.05) is 18.2 Å². The van der Waals surface area contributed by atoms with Gasteiger partial charge in [0.1, 0.15) is 13.2 Å². The predicted molar refractivity (Wildman–Crippen MR) is 67.7 cm³/mol. The van der Waals surface area contributed by atoms with E-state index in [0.717, 1.165) is 36.3 Å². The van der Waals surface area contributed by atoms with Crippen LogP contribution in [0.3, 0.4) is 0 Å². The van der Waals surface area contributed by atoms with E-state index in [1.54, 1.807) is 0 Å². The minimum atomic E-state index is -0.295. The maximum Gasteiger partial charge on any atom is 0.161 e. The van der Waals surface area contributed by atoms with Crippen molar-refractivity contribution in [1.82, 2.24) is 0 Å². The molecule has 1 fully saturated rings. The zero-order valence-corrected chi connectivity index (χ0v) is 10.6.